The Morgan fingerprint density at radius 3 is 2.31 bits per heavy atom. The number of sulfonamides is 1. The van der Waals surface area contributed by atoms with Gasteiger partial charge in [0, 0.05) is 6.08 Å². The van der Waals surface area contributed by atoms with Crippen molar-refractivity contribution in [3.8, 4) is 0 Å². The molecule has 0 spiro atoms. The highest BCUT2D eigenvalue weighted by Gasteiger charge is 2.36. The number of nitrogens with zero attached hydrogens (tertiary/aromatic N) is 1. The summed E-state index contributed by atoms with van der Waals surface area (Å²) in [7, 11) is -3.80. The maximum absolute atomic E-state index is 11.6. The Morgan fingerprint density at radius 1 is 1.19 bits per heavy atom. The number of amides is 1. The molecule has 0 fully saturated rings. The summed E-state index contributed by atoms with van der Waals surface area (Å²) in [6, 6.07) is 8.86. The van der Waals surface area contributed by atoms with Gasteiger partial charge in [-0.25, -0.2) is 4.31 Å². The van der Waals surface area contributed by atoms with Gasteiger partial charge < -0.3 is 0 Å². The summed E-state index contributed by atoms with van der Waals surface area (Å²) in [5, 5.41) is 0. The largest absolute Gasteiger partial charge is 0.278 e. The summed E-state index contributed by atoms with van der Waals surface area (Å²) in [6.45, 7) is 0.00866. The number of carbonyl (C=O) groups excluding carboxylic acids is 1. The monoisotopic (exact) mass is 257 g/mol. The van der Waals surface area contributed by atoms with Gasteiger partial charge >= 0.3 is 0 Å². The van der Waals surface area contributed by atoms with Crippen molar-refractivity contribution in [2.24, 2.45) is 0 Å². The normalized spacial score (nSPS) is 18.7. The fraction of sp³-hybridized carbons (Fsp3) is 0.100. The van der Waals surface area contributed by atoms with Crippen LogP contribution in [0.1, 0.15) is 5.56 Å². The lowest BCUT2D eigenvalue weighted by atomic mass is 10.2. The molecule has 0 saturated carbocycles. The summed E-state index contributed by atoms with van der Waals surface area (Å²) >= 11 is 5.47. The number of carbonyl (C=O) groups is 1. The van der Waals surface area contributed by atoms with Crippen LogP contribution in [0.2, 0.25) is 0 Å². The zero-order valence-corrected chi connectivity index (χ0v) is 9.70. The van der Waals surface area contributed by atoms with Gasteiger partial charge in [-0.05, 0) is 5.56 Å². The molecule has 1 aromatic rings. The number of benzene rings is 1. The first-order chi connectivity index (χ1) is 7.51. The summed E-state index contributed by atoms with van der Waals surface area (Å²) in [4.78, 5) is 11.4. The van der Waals surface area contributed by atoms with Gasteiger partial charge in [0.05, 0.1) is 6.54 Å². The van der Waals surface area contributed by atoms with E-state index in [1.807, 2.05) is 6.07 Å². The molecule has 0 saturated heterocycles. The summed E-state index contributed by atoms with van der Waals surface area (Å²) < 4.78 is 23.6. The average Bonchev–Trinajstić information content (AvgIpc) is 2.43. The van der Waals surface area contributed by atoms with Crippen LogP contribution >= 0.6 is 11.6 Å². The van der Waals surface area contributed by atoms with Crippen molar-refractivity contribution in [3.63, 3.8) is 0 Å². The molecule has 16 heavy (non-hydrogen) atoms. The molecule has 0 aliphatic carbocycles. The predicted molar refractivity (Wildman–Crippen MR) is 59.8 cm³/mol. The first kappa shape index (κ1) is 11.2. The fourth-order valence-electron chi connectivity index (χ4n) is 1.38. The van der Waals surface area contributed by atoms with E-state index in [1.54, 1.807) is 24.3 Å². The molecule has 1 aliphatic rings. The molecule has 84 valence electrons. The molecule has 1 amide bonds. The molecule has 0 aromatic heterocycles. The third kappa shape index (κ3) is 1.83. The Morgan fingerprint density at radius 2 is 1.81 bits per heavy atom. The zero-order valence-electron chi connectivity index (χ0n) is 8.13. The fourth-order valence-corrected chi connectivity index (χ4v) is 2.79. The molecule has 1 aliphatic heterocycles. The third-order valence-corrected chi connectivity index (χ3v) is 4.38. The second-order valence-electron chi connectivity index (χ2n) is 3.28. The van der Waals surface area contributed by atoms with Gasteiger partial charge in [-0.3, -0.25) is 4.79 Å². The van der Waals surface area contributed by atoms with E-state index in [9.17, 15) is 13.2 Å². The number of halogens is 1. The molecular weight excluding hydrogens is 250 g/mol. The molecule has 6 heteroatoms. The van der Waals surface area contributed by atoms with E-state index in [2.05, 4.69) is 0 Å². The molecule has 0 unspecified atom stereocenters. The van der Waals surface area contributed by atoms with E-state index in [1.165, 1.54) is 0 Å². The Balaban J connectivity index is 2.29. The van der Waals surface area contributed by atoms with Crippen LogP contribution in [0.3, 0.4) is 0 Å². The Labute approximate surface area is 98.2 Å². The van der Waals surface area contributed by atoms with Crippen LogP contribution in [0.25, 0.3) is 0 Å². The van der Waals surface area contributed by atoms with Gasteiger partial charge in [-0.2, -0.15) is 8.42 Å². The smallest absolute Gasteiger partial charge is 0.269 e. The van der Waals surface area contributed by atoms with Gasteiger partial charge in [0.1, 0.15) is 0 Å². The van der Waals surface area contributed by atoms with E-state index in [-0.39, 0.29) is 6.54 Å². The average molecular weight is 258 g/mol. The lowest BCUT2D eigenvalue weighted by molar-refractivity contribution is -0.121. The van der Waals surface area contributed by atoms with Crippen LogP contribution in [0.15, 0.2) is 40.8 Å². The van der Waals surface area contributed by atoms with Gasteiger partial charge in [0.15, 0.2) is 4.36 Å². The van der Waals surface area contributed by atoms with Gasteiger partial charge in [-0.1, -0.05) is 41.9 Å². The van der Waals surface area contributed by atoms with E-state index in [0.29, 0.717) is 0 Å². The third-order valence-electron chi connectivity index (χ3n) is 2.19. The number of hydrogen-bond acceptors (Lipinski definition) is 3. The van der Waals surface area contributed by atoms with Gasteiger partial charge in [-0.15, -0.1) is 0 Å². The molecule has 0 atom stereocenters. The highest BCUT2D eigenvalue weighted by Crippen LogP contribution is 2.26. The topological polar surface area (TPSA) is 54.5 Å². The molecule has 1 heterocycles. The lowest BCUT2D eigenvalue weighted by Gasteiger charge is -2.15. The summed E-state index contributed by atoms with van der Waals surface area (Å²) in [5.74, 6) is -0.603. The molecule has 0 radical (unpaired) electrons. The van der Waals surface area contributed by atoms with Crippen molar-refractivity contribution in [2.45, 2.75) is 6.54 Å². The standard InChI is InChI=1S/C10H8ClNO3S/c11-9-6-10(13)12(16(9,14)15)7-8-4-2-1-3-5-8/h1-6H,7H2. The highest BCUT2D eigenvalue weighted by atomic mass is 35.5. The van der Waals surface area contributed by atoms with Crippen LogP contribution < -0.4 is 0 Å². The second kappa shape index (κ2) is 3.92. The van der Waals surface area contributed by atoms with Crippen LogP contribution in [0, 0.1) is 0 Å². The SMILES string of the molecule is O=C1C=C(Cl)S(=O)(=O)N1Cc1ccccc1. The van der Waals surface area contributed by atoms with E-state index < -0.39 is 20.3 Å². The zero-order chi connectivity index (χ0) is 11.8. The second-order valence-corrected chi connectivity index (χ2v) is 5.75. The van der Waals surface area contributed by atoms with Crippen LogP contribution in [0.5, 0.6) is 0 Å². The van der Waals surface area contributed by atoms with Crippen molar-refractivity contribution in [3.05, 3.63) is 46.3 Å². The van der Waals surface area contributed by atoms with Crippen molar-refractivity contribution < 1.29 is 13.2 Å². The number of hydrogen-bond donors (Lipinski definition) is 0. The number of rotatable bonds is 2. The van der Waals surface area contributed by atoms with Gasteiger partial charge in [0.2, 0.25) is 0 Å². The van der Waals surface area contributed by atoms with Crippen molar-refractivity contribution >= 4 is 27.5 Å². The minimum absolute atomic E-state index is 0.00866. The highest BCUT2D eigenvalue weighted by molar-refractivity contribution is 7.95. The molecule has 4 nitrogen and oxygen atoms in total. The van der Waals surface area contributed by atoms with E-state index in [0.717, 1.165) is 15.9 Å². The Hall–Kier alpha value is -1.33. The maximum Gasteiger partial charge on any atom is 0.278 e. The molecule has 0 N–H and O–H groups in total. The lowest BCUT2D eigenvalue weighted by Crippen LogP contribution is -2.29. The van der Waals surface area contributed by atoms with Crippen LogP contribution in [0.4, 0.5) is 0 Å². The first-order valence-electron chi connectivity index (χ1n) is 4.49. The van der Waals surface area contributed by atoms with Gasteiger partial charge in [0.25, 0.3) is 15.9 Å². The minimum atomic E-state index is -3.80. The molecular formula is C10H8ClNO3S. The van der Waals surface area contributed by atoms with E-state index >= 15 is 0 Å². The minimum Gasteiger partial charge on any atom is -0.269 e. The van der Waals surface area contributed by atoms with Crippen molar-refractivity contribution in [2.75, 3.05) is 0 Å². The quantitative estimate of drug-likeness (QED) is 0.806. The predicted octanol–water partition coefficient (Wildman–Crippen LogP) is 1.44. The molecule has 1 aromatic carbocycles. The molecule has 2 rings (SSSR count). The maximum atomic E-state index is 11.6. The summed E-state index contributed by atoms with van der Waals surface area (Å²) in [5.41, 5.74) is 0.735. The van der Waals surface area contributed by atoms with Crippen molar-refractivity contribution in [1.29, 1.82) is 0 Å². The Bertz CT molecular complexity index is 551. The van der Waals surface area contributed by atoms with E-state index in [4.69, 9.17) is 11.6 Å². The molecule has 0 bridgehead atoms. The first-order valence-corrected chi connectivity index (χ1v) is 6.31. The summed E-state index contributed by atoms with van der Waals surface area (Å²) in [6.07, 6.45) is 0.916. The van der Waals surface area contributed by atoms with Crippen molar-refractivity contribution in [1.82, 2.24) is 4.31 Å². The van der Waals surface area contributed by atoms with Crippen LogP contribution in [-0.4, -0.2) is 18.6 Å². The van der Waals surface area contributed by atoms with Crippen LogP contribution in [-0.2, 0) is 21.4 Å². The Kier molecular flexibility index (Phi) is 2.73.